The van der Waals surface area contributed by atoms with E-state index < -0.39 is 0 Å². The zero-order valence-electron chi connectivity index (χ0n) is 11.3. The summed E-state index contributed by atoms with van der Waals surface area (Å²) in [4.78, 5) is 12.1. The van der Waals surface area contributed by atoms with Crippen LogP contribution in [-0.4, -0.2) is 51.5 Å². The molecular formula is C13H24N2O3. The lowest BCUT2D eigenvalue weighted by atomic mass is 9.91. The number of piperidine rings is 1. The van der Waals surface area contributed by atoms with Crippen molar-refractivity contribution in [2.24, 2.45) is 11.8 Å². The van der Waals surface area contributed by atoms with Crippen LogP contribution in [0, 0.1) is 11.8 Å². The maximum atomic E-state index is 12.1. The number of ether oxygens (including phenoxy) is 2. The van der Waals surface area contributed by atoms with Crippen LogP contribution in [0.2, 0.25) is 0 Å². The van der Waals surface area contributed by atoms with Crippen molar-refractivity contribution in [2.45, 2.75) is 25.4 Å². The highest BCUT2D eigenvalue weighted by Gasteiger charge is 2.36. The monoisotopic (exact) mass is 256 g/mol. The van der Waals surface area contributed by atoms with Gasteiger partial charge in [-0.05, 0) is 18.9 Å². The van der Waals surface area contributed by atoms with Gasteiger partial charge in [0.05, 0.1) is 12.5 Å². The molecule has 0 bridgehead atoms. The highest BCUT2D eigenvalue weighted by atomic mass is 16.5. The van der Waals surface area contributed by atoms with Gasteiger partial charge in [0.15, 0.2) is 0 Å². The van der Waals surface area contributed by atoms with Gasteiger partial charge in [0.2, 0.25) is 5.91 Å². The highest BCUT2D eigenvalue weighted by Crippen LogP contribution is 2.22. The van der Waals surface area contributed by atoms with Crippen molar-refractivity contribution in [3.63, 3.8) is 0 Å². The van der Waals surface area contributed by atoms with Crippen LogP contribution in [0.3, 0.4) is 0 Å². The first kappa shape index (κ1) is 13.8. The van der Waals surface area contributed by atoms with Gasteiger partial charge in [-0.2, -0.15) is 0 Å². The van der Waals surface area contributed by atoms with Crippen LogP contribution < -0.4 is 10.6 Å². The Bertz CT molecular complexity index is 290. The van der Waals surface area contributed by atoms with E-state index in [-0.39, 0.29) is 17.4 Å². The first-order valence-electron chi connectivity index (χ1n) is 6.76. The Morgan fingerprint density at radius 2 is 2.39 bits per heavy atom. The lowest BCUT2D eigenvalue weighted by Gasteiger charge is -2.30. The van der Waals surface area contributed by atoms with E-state index in [1.807, 2.05) is 0 Å². The molecular weight excluding hydrogens is 232 g/mol. The summed E-state index contributed by atoms with van der Waals surface area (Å²) in [5, 5.41) is 6.32. The van der Waals surface area contributed by atoms with Crippen LogP contribution in [-0.2, 0) is 14.3 Å². The number of rotatable bonds is 4. The predicted molar refractivity (Wildman–Crippen MR) is 68.3 cm³/mol. The zero-order valence-corrected chi connectivity index (χ0v) is 11.3. The van der Waals surface area contributed by atoms with Gasteiger partial charge in [-0.25, -0.2) is 0 Å². The molecule has 0 saturated carbocycles. The summed E-state index contributed by atoms with van der Waals surface area (Å²) in [7, 11) is 1.69. The molecule has 3 unspecified atom stereocenters. The second kappa shape index (κ2) is 5.99. The van der Waals surface area contributed by atoms with Crippen LogP contribution in [0.15, 0.2) is 0 Å². The average Bonchev–Trinajstić information content (AvgIpc) is 2.85. The largest absolute Gasteiger partial charge is 0.378 e. The fourth-order valence-electron chi connectivity index (χ4n) is 2.71. The fourth-order valence-corrected chi connectivity index (χ4v) is 2.71. The number of hydrogen-bond donors (Lipinski definition) is 2. The van der Waals surface area contributed by atoms with Gasteiger partial charge in [-0.1, -0.05) is 6.92 Å². The van der Waals surface area contributed by atoms with Crippen LogP contribution in [0.4, 0.5) is 0 Å². The smallest absolute Gasteiger partial charge is 0.224 e. The molecule has 1 amide bonds. The predicted octanol–water partition coefficient (Wildman–Crippen LogP) is 0.154. The maximum Gasteiger partial charge on any atom is 0.224 e. The van der Waals surface area contributed by atoms with Gasteiger partial charge in [-0.3, -0.25) is 4.79 Å². The molecule has 2 rings (SSSR count). The van der Waals surface area contributed by atoms with E-state index in [1.165, 1.54) is 0 Å². The Balaban J connectivity index is 1.80. The van der Waals surface area contributed by atoms with E-state index in [4.69, 9.17) is 9.47 Å². The second-order valence-electron chi connectivity index (χ2n) is 5.60. The van der Waals surface area contributed by atoms with Gasteiger partial charge in [-0.15, -0.1) is 0 Å². The molecule has 0 spiro atoms. The summed E-state index contributed by atoms with van der Waals surface area (Å²) in [6, 6.07) is 0. The molecule has 104 valence electrons. The van der Waals surface area contributed by atoms with E-state index in [1.54, 1.807) is 7.11 Å². The Labute approximate surface area is 109 Å². The number of hydrogen-bond acceptors (Lipinski definition) is 4. The third-order valence-corrected chi connectivity index (χ3v) is 4.03. The van der Waals surface area contributed by atoms with Crippen molar-refractivity contribution in [1.29, 1.82) is 0 Å². The van der Waals surface area contributed by atoms with Gasteiger partial charge >= 0.3 is 0 Å². The van der Waals surface area contributed by atoms with E-state index in [0.717, 1.165) is 25.9 Å². The molecule has 0 aromatic rings. The third-order valence-electron chi connectivity index (χ3n) is 4.03. The molecule has 3 atom stereocenters. The van der Waals surface area contributed by atoms with E-state index in [0.29, 0.717) is 25.7 Å². The summed E-state index contributed by atoms with van der Waals surface area (Å²) in [5.74, 6) is 0.794. The third kappa shape index (κ3) is 3.22. The molecule has 2 aliphatic rings. The second-order valence-corrected chi connectivity index (χ2v) is 5.60. The number of nitrogens with one attached hydrogen (secondary N) is 2. The minimum atomic E-state index is -0.316. The zero-order chi connectivity index (χ0) is 13.0. The van der Waals surface area contributed by atoms with Crippen LogP contribution in [0.5, 0.6) is 0 Å². The molecule has 5 heteroatoms. The number of carbonyl (C=O) groups is 1. The summed E-state index contributed by atoms with van der Waals surface area (Å²) < 4.78 is 10.9. The minimum absolute atomic E-state index is 0.0879. The van der Waals surface area contributed by atoms with Crippen molar-refractivity contribution in [1.82, 2.24) is 10.6 Å². The van der Waals surface area contributed by atoms with Crippen LogP contribution in [0.25, 0.3) is 0 Å². The van der Waals surface area contributed by atoms with Crippen LogP contribution in [0.1, 0.15) is 19.8 Å². The summed E-state index contributed by atoms with van der Waals surface area (Å²) in [6.07, 6.45) is 1.82. The first-order valence-corrected chi connectivity index (χ1v) is 6.76. The first-order chi connectivity index (χ1) is 8.65. The quantitative estimate of drug-likeness (QED) is 0.752. The summed E-state index contributed by atoms with van der Waals surface area (Å²) >= 11 is 0. The topological polar surface area (TPSA) is 59.6 Å². The van der Waals surface area contributed by atoms with Crippen molar-refractivity contribution in [2.75, 3.05) is 40.0 Å². The van der Waals surface area contributed by atoms with Gasteiger partial charge in [0, 0.05) is 33.2 Å². The molecule has 2 fully saturated rings. The van der Waals surface area contributed by atoms with Crippen molar-refractivity contribution in [3.05, 3.63) is 0 Å². The van der Waals surface area contributed by atoms with Crippen molar-refractivity contribution in [3.8, 4) is 0 Å². The van der Waals surface area contributed by atoms with Gasteiger partial charge in [0.25, 0.3) is 0 Å². The normalized spacial score (nSPS) is 36.6. The molecule has 2 aliphatic heterocycles. The SMILES string of the molecule is COC1(CNC(=O)C2CNCC(C)C2)CCOC1. The Morgan fingerprint density at radius 1 is 1.56 bits per heavy atom. The molecule has 2 heterocycles. The van der Waals surface area contributed by atoms with Gasteiger partial charge < -0.3 is 20.1 Å². The van der Waals surface area contributed by atoms with E-state index in [2.05, 4.69) is 17.6 Å². The average molecular weight is 256 g/mol. The number of methoxy groups -OCH3 is 1. The lowest BCUT2D eigenvalue weighted by Crippen LogP contribution is -2.49. The van der Waals surface area contributed by atoms with E-state index >= 15 is 0 Å². The van der Waals surface area contributed by atoms with Crippen LogP contribution >= 0.6 is 0 Å². The van der Waals surface area contributed by atoms with Crippen molar-refractivity contribution < 1.29 is 14.3 Å². The molecule has 0 aromatic carbocycles. The molecule has 0 aromatic heterocycles. The highest BCUT2D eigenvalue weighted by molar-refractivity contribution is 5.79. The lowest BCUT2D eigenvalue weighted by molar-refractivity contribution is -0.127. The summed E-state index contributed by atoms with van der Waals surface area (Å²) in [6.45, 7) is 5.81. The molecule has 0 aliphatic carbocycles. The molecule has 0 radical (unpaired) electrons. The Morgan fingerprint density at radius 3 is 3.00 bits per heavy atom. The number of amides is 1. The Hall–Kier alpha value is -0.650. The summed E-state index contributed by atoms with van der Waals surface area (Å²) in [5.41, 5.74) is -0.316. The number of carbonyl (C=O) groups excluding carboxylic acids is 1. The van der Waals surface area contributed by atoms with E-state index in [9.17, 15) is 4.79 Å². The minimum Gasteiger partial charge on any atom is -0.378 e. The molecule has 2 N–H and O–H groups in total. The maximum absolute atomic E-state index is 12.1. The fraction of sp³-hybridized carbons (Fsp3) is 0.923. The van der Waals surface area contributed by atoms with Gasteiger partial charge in [0.1, 0.15) is 5.60 Å². The Kier molecular flexibility index (Phi) is 4.59. The standard InChI is InChI=1S/C13H24N2O3/c1-10-5-11(7-14-6-10)12(16)15-8-13(17-2)3-4-18-9-13/h10-11,14H,3-9H2,1-2H3,(H,15,16). The molecule has 5 nitrogen and oxygen atoms in total. The van der Waals surface area contributed by atoms with Crippen molar-refractivity contribution >= 4 is 5.91 Å². The molecule has 18 heavy (non-hydrogen) atoms. The molecule has 2 saturated heterocycles.